The van der Waals surface area contributed by atoms with Gasteiger partial charge < -0.3 is 10.2 Å². The fraction of sp³-hybridized carbons (Fsp3) is 0.621. The van der Waals surface area contributed by atoms with Crippen LogP contribution in [0.1, 0.15) is 76.2 Å². The smallest absolute Gasteiger partial charge is 0.156 e. The van der Waals surface area contributed by atoms with Crippen LogP contribution in [-0.4, -0.2) is 32.0 Å². The molecule has 0 aromatic heterocycles. The minimum atomic E-state index is 0.338. The van der Waals surface area contributed by atoms with E-state index in [1.165, 1.54) is 61.9 Å². The first kappa shape index (κ1) is 20.7. The van der Waals surface area contributed by atoms with Crippen LogP contribution in [0.5, 0.6) is 0 Å². The Kier molecular flexibility index (Phi) is 4.74. The van der Waals surface area contributed by atoms with E-state index in [1.807, 2.05) is 6.08 Å². The molecule has 1 aliphatic heterocycles. The zero-order chi connectivity index (χ0) is 22.1. The molecular weight excluding hydrogens is 392 g/mol. The van der Waals surface area contributed by atoms with Crippen molar-refractivity contribution in [2.75, 3.05) is 25.5 Å². The van der Waals surface area contributed by atoms with E-state index in [0.29, 0.717) is 35.0 Å². The van der Waals surface area contributed by atoms with Gasteiger partial charge in [-0.1, -0.05) is 24.6 Å². The normalized spacial score (nSPS) is 38.4. The number of ketones is 1. The summed E-state index contributed by atoms with van der Waals surface area (Å²) in [6, 6.07) is 9.38. The summed E-state index contributed by atoms with van der Waals surface area (Å²) >= 11 is 0. The predicted molar refractivity (Wildman–Crippen MR) is 131 cm³/mol. The lowest BCUT2D eigenvalue weighted by Crippen LogP contribution is -2.56. The number of carbonyl (C=O) groups excluding carboxylic acids is 1. The summed E-state index contributed by atoms with van der Waals surface area (Å²) < 4.78 is 0. The number of nitrogens with zero attached hydrogens (tertiary/aromatic N) is 1. The number of fused-ring (bicyclic) bond motifs is 5. The van der Waals surface area contributed by atoms with E-state index in [2.05, 4.69) is 55.5 Å². The molecule has 3 heteroatoms. The molecule has 1 N–H and O–H groups in total. The third-order valence-corrected chi connectivity index (χ3v) is 10.2. The lowest BCUT2D eigenvalue weighted by molar-refractivity contribution is -0.114. The maximum atomic E-state index is 12.2. The average molecular weight is 431 g/mol. The van der Waals surface area contributed by atoms with Crippen LogP contribution in [0.2, 0.25) is 0 Å². The maximum absolute atomic E-state index is 12.2. The quantitative estimate of drug-likeness (QED) is 0.646. The van der Waals surface area contributed by atoms with E-state index >= 15 is 0 Å². The van der Waals surface area contributed by atoms with Gasteiger partial charge in [0.1, 0.15) is 0 Å². The fourth-order valence-corrected chi connectivity index (χ4v) is 8.59. The van der Waals surface area contributed by atoms with Gasteiger partial charge in [0.15, 0.2) is 5.78 Å². The molecular formula is C29H38N2O. The molecule has 0 amide bonds. The first-order chi connectivity index (χ1) is 15.4. The molecule has 1 heterocycles. The molecule has 0 bridgehead atoms. The summed E-state index contributed by atoms with van der Waals surface area (Å²) in [5.41, 5.74) is 8.13. The van der Waals surface area contributed by atoms with Crippen LogP contribution in [0.4, 0.5) is 5.69 Å². The molecule has 3 nitrogen and oxygen atoms in total. The summed E-state index contributed by atoms with van der Waals surface area (Å²) in [4.78, 5) is 14.4. The maximum Gasteiger partial charge on any atom is 0.156 e. The molecule has 1 saturated heterocycles. The molecule has 3 fully saturated rings. The second-order valence-corrected chi connectivity index (χ2v) is 11.6. The van der Waals surface area contributed by atoms with E-state index in [-0.39, 0.29) is 0 Å². The zero-order valence-corrected chi connectivity index (χ0v) is 20.0. The van der Waals surface area contributed by atoms with Gasteiger partial charge in [-0.15, -0.1) is 0 Å². The first-order valence-electron chi connectivity index (χ1n) is 12.9. The van der Waals surface area contributed by atoms with Gasteiger partial charge in [-0.05, 0) is 110 Å². The van der Waals surface area contributed by atoms with Gasteiger partial charge in [0.25, 0.3) is 0 Å². The topological polar surface area (TPSA) is 32.3 Å². The Hall–Kier alpha value is -1.87. The Balaban J connectivity index is 1.50. The molecule has 2 saturated carbocycles. The third-order valence-electron chi connectivity index (χ3n) is 10.2. The van der Waals surface area contributed by atoms with E-state index in [4.69, 9.17) is 0 Å². The highest BCUT2D eigenvalue weighted by Gasteiger charge is 2.63. The van der Waals surface area contributed by atoms with Crippen molar-refractivity contribution in [3.63, 3.8) is 0 Å². The number of benzene rings is 1. The number of hydrogen-bond donors (Lipinski definition) is 1. The first-order valence-corrected chi connectivity index (χ1v) is 12.9. The molecule has 1 aromatic rings. The van der Waals surface area contributed by atoms with Gasteiger partial charge in [-0.3, -0.25) is 4.79 Å². The molecule has 4 aliphatic carbocycles. The summed E-state index contributed by atoms with van der Waals surface area (Å²) in [6.45, 7) is 3.83. The fourth-order valence-electron chi connectivity index (χ4n) is 8.59. The Morgan fingerprint density at radius 2 is 1.84 bits per heavy atom. The molecule has 0 radical (unpaired) electrons. The molecule has 170 valence electrons. The van der Waals surface area contributed by atoms with Crippen LogP contribution < -0.4 is 10.2 Å². The van der Waals surface area contributed by atoms with Gasteiger partial charge >= 0.3 is 0 Å². The zero-order valence-electron chi connectivity index (χ0n) is 20.0. The second kappa shape index (κ2) is 7.32. The van der Waals surface area contributed by atoms with Crippen LogP contribution in [0, 0.1) is 17.3 Å². The van der Waals surface area contributed by atoms with Gasteiger partial charge in [0, 0.05) is 37.7 Å². The number of carbonyl (C=O) groups is 1. The molecule has 1 aromatic carbocycles. The van der Waals surface area contributed by atoms with Gasteiger partial charge in [0.2, 0.25) is 0 Å². The third kappa shape index (κ3) is 2.86. The van der Waals surface area contributed by atoms with Crippen molar-refractivity contribution in [1.82, 2.24) is 5.32 Å². The number of anilines is 1. The standard InChI is InChI=1S/C29H38N2O/c1-28-18-25(19-5-8-21(9-6-19)31(2)3)27-23-12-10-22(32)17-20(23)7-11-24(27)26(28)13-15-29(28)14-4-16-30-29/h5-6,8-9,17,24-26,30H,4,7,10-16,18H2,1-3H3/t24-,25?,26-,28-,29?/m0/s1. The van der Waals surface area contributed by atoms with Crippen molar-refractivity contribution in [3.8, 4) is 0 Å². The highest BCUT2D eigenvalue weighted by atomic mass is 16.1. The lowest BCUT2D eigenvalue weighted by Gasteiger charge is -2.56. The second-order valence-electron chi connectivity index (χ2n) is 11.6. The van der Waals surface area contributed by atoms with Gasteiger partial charge in [0.05, 0.1) is 0 Å². The largest absolute Gasteiger partial charge is 0.378 e. The monoisotopic (exact) mass is 430 g/mol. The van der Waals surface area contributed by atoms with Crippen molar-refractivity contribution in [2.24, 2.45) is 17.3 Å². The molecule has 1 spiro atoms. The highest BCUT2D eigenvalue weighted by Crippen LogP contribution is 2.68. The van der Waals surface area contributed by atoms with Crippen molar-refractivity contribution in [1.29, 1.82) is 0 Å². The Morgan fingerprint density at radius 3 is 2.56 bits per heavy atom. The summed E-state index contributed by atoms with van der Waals surface area (Å²) in [7, 11) is 4.24. The molecule has 6 rings (SSSR count). The lowest BCUT2D eigenvalue weighted by atomic mass is 9.50. The van der Waals surface area contributed by atoms with Gasteiger partial charge in [-0.25, -0.2) is 0 Å². The Labute approximate surface area is 193 Å². The van der Waals surface area contributed by atoms with Crippen LogP contribution in [0.15, 0.2) is 47.1 Å². The number of nitrogens with one attached hydrogen (secondary N) is 1. The summed E-state index contributed by atoms with van der Waals surface area (Å²) in [5, 5.41) is 4.05. The van der Waals surface area contributed by atoms with Gasteiger partial charge in [-0.2, -0.15) is 0 Å². The molecule has 5 aliphatic rings. The van der Waals surface area contributed by atoms with Crippen LogP contribution in [-0.2, 0) is 4.79 Å². The van der Waals surface area contributed by atoms with Crippen molar-refractivity contribution in [3.05, 3.63) is 52.6 Å². The van der Waals surface area contributed by atoms with E-state index in [9.17, 15) is 4.79 Å². The predicted octanol–water partition coefficient (Wildman–Crippen LogP) is 5.77. The SMILES string of the molecule is CN(C)c1ccc(C2C[C@@]3(C)[C@@H](CCC34CCCN4)[C@@H]3CCC4=CC(=O)CCC4=C23)cc1. The van der Waals surface area contributed by atoms with Crippen LogP contribution >= 0.6 is 0 Å². The Morgan fingerprint density at radius 1 is 1.03 bits per heavy atom. The molecule has 32 heavy (non-hydrogen) atoms. The Bertz CT molecular complexity index is 994. The minimum Gasteiger partial charge on any atom is -0.378 e. The van der Waals surface area contributed by atoms with E-state index in [0.717, 1.165) is 18.8 Å². The summed E-state index contributed by atoms with van der Waals surface area (Å²) in [6.07, 6.45) is 12.7. The molecule has 5 atom stereocenters. The van der Waals surface area contributed by atoms with E-state index in [1.54, 1.807) is 11.1 Å². The number of hydrogen-bond acceptors (Lipinski definition) is 3. The highest BCUT2D eigenvalue weighted by molar-refractivity contribution is 5.93. The van der Waals surface area contributed by atoms with E-state index < -0.39 is 0 Å². The van der Waals surface area contributed by atoms with Crippen molar-refractivity contribution < 1.29 is 4.79 Å². The average Bonchev–Trinajstić information content (AvgIpc) is 3.39. The van der Waals surface area contributed by atoms with Crippen molar-refractivity contribution >= 4 is 11.5 Å². The number of allylic oxidation sites excluding steroid dienone is 4. The molecule has 2 unspecified atom stereocenters. The van der Waals surface area contributed by atoms with Crippen LogP contribution in [0.25, 0.3) is 0 Å². The number of rotatable bonds is 2. The minimum absolute atomic E-state index is 0.338. The van der Waals surface area contributed by atoms with Crippen molar-refractivity contribution in [2.45, 2.75) is 76.2 Å². The van der Waals surface area contributed by atoms with Crippen LogP contribution in [0.3, 0.4) is 0 Å². The summed E-state index contributed by atoms with van der Waals surface area (Å²) in [5.74, 6) is 2.30.